The number of carbonyl (C=O) groups excluding carboxylic acids is 1. The van der Waals surface area contributed by atoms with Gasteiger partial charge in [0.25, 0.3) is 0 Å². The summed E-state index contributed by atoms with van der Waals surface area (Å²) in [6.45, 7) is 4.00. The number of para-hydroxylation sites is 1. The summed E-state index contributed by atoms with van der Waals surface area (Å²) in [5.74, 6) is 1.32. The van der Waals surface area contributed by atoms with E-state index in [4.69, 9.17) is 4.74 Å². The normalized spacial score (nSPS) is 21.8. The Bertz CT molecular complexity index is 1050. The lowest BCUT2D eigenvalue weighted by molar-refractivity contribution is -0.144. The van der Waals surface area contributed by atoms with Gasteiger partial charge in [-0.15, -0.1) is 0 Å². The minimum absolute atomic E-state index is 0.0415. The summed E-state index contributed by atoms with van der Waals surface area (Å²) in [4.78, 5) is 24.4. The van der Waals surface area contributed by atoms with Crippen molar-refractivity contribution in [2.75, 3.05) is 32.4 Å². The second-order valence-corrected chi connectivity index (χ2v) is 11.0. The second kappa shape index (κ2) is 9.15. The van der Waals surface area contributed by atoms with Crippen molar-refractivity contribution in [3.63, 3.8) is 0 Å². The molecule has 0 radical (unpaired) electrons. The Hall–Kier alpha value is -2.52. The predicted molar refractivity (Wildman–Crippen MR) is 121 cm³/mol. The zero-order chi connectivity index (χ0) is 22.8. The van der Waals surface area contributed by atoms with Crippen molar-refractivity contribution < 1.29 is 17.9 Å². The fourth-order valence-electron chi connectivity index (χ4n) is 4.59. The van der Waals surface area contributed by atoms with Gasteiger partial charge in [-0.2, -0.15) is 0 Å². The van der Waals surface area contributed by atoms with Crippen LogP contribution in [0.2, 0.25) is 0 Å². The van der Waals surface area contributed by atoms with Crippen LogP contribution in [0.15, 0.2) is 42.7 Å². The maximum absolute atomic E-state index is 13.5. The highest BCUT2D eigenvalue weighted by molar-refractivity contribution is 7.88. The molecule has 0 saturated carbocycles. The van der Waals surface area contributed by atoms with Gasteiger partial charge in [-0.05, 0) is 37.8 Å². The summed E-state index contributed by atoms with van der Waals surface area (Å²) >= 11 is 0. The molecule has 0 N–H and O–H groups in total. The van der Waals surface area contributed by atoms with Gasteiger partial charge in [0.05, 0.1) is 6.26 Å². The highest BCUT2D eigenvalue weighted by Gasteiger charge is 2.42. The molecule has 0 bridgehead atoms. The molecule has 1 amide bonds. The first kappa shape index (κ1) is 22.7. The molecule has 9 heteroatoms. The van der Waals surface area contributed by atoms with Gasteiger partial charge in [0.2, 0.25) is 21.8 Å². The van der Waals surface area contributed by atoms with Crippen molar-refractivity contribution in [2.45, 2.75) is 38.5 Å². The first-order valence-electron chi connectivity index (χ1n) is 11.0. The maximum Gasteiger partial charge on any atom is 0.241 e. The summed E-state index contributed by atoms with van der Waals surface area (Å²) in [5, 5.41) is 0. The lowest BCUT2D eigenvalue weighted by atomic mass is 9.79. The third-order valence-electron chi connectivity index (χ3n) is 6.56. The Labute approximate surface area is 189 Å². The lowest BCUT2D eigenvalue weighted by Gasteiger charge is -2.42. The van der Waals surface area contributed by atoms with E-state index in [-0.39, 0.29) is 11.8 Å². The smallest absolute Gasteiger partial charge is 0.241 e. The van der Waals surface area contributed by atoms with Crippen LogP contribution in [-0.2, 0) is 14.8 Å². The van der Waals surface area contributed by atoms with Crippen molar-refractivity contribution in [1.29, 1.82) is 0 Å². The van der Waals surface area contributed by atoms with Crippen LogP contribution in [0.3, 0.4) is 0 Å². The van der Waals surface area contributed by atoms with Gasteiger partial charge < -0.3 is 9.64 Å². The third kappa shape index (κ3) is 4.94. The zero-order valence-corrected chi connectivity index (χ0v) is 19.4. The van der Waals surface area contributed by atoms with Crippen molar-refractivity contribution >= 4 is 15.9 Å². The summed E-state index contributed by atoms with van der Waals surface area (Å²) < 4.78 is 31.1. The number of piperidine rings is 2. The van der Waals surface area contributed by atoms with Crippen LogP contribution >= 0.6 is 0 Å². The molecule has 2 fully saturated rings. The molecule has 1 aromatic carbocycles. The summed E-state index contributed by atoms with van der Waals surface area (Å²) in [7, 11) is -3.22. The molecule has 3 heterocycles. The Balaban J connectivity index is 1.47. The molecule has 1 atom stereocenters. The van der Waals surface area contributed by atoms with Crippen LogP contribution in [-0.4, -0.2) is 65.9 Å². The van der Waals surface area contributed by atoms with E-state index < -0.39 is 15.4 Å². The van der Waals surface area contributed by atoms with Crippen molar-refractivity contribution in [3.8, 4) is 11.6 Å². The highest BCUT2D eigenvalue weighted by atomic mass is 32.2. The molecule has 2 aliphatic heterocycles. The van der Waals surface area contributed by atoms with E-state index in [1.165, 1.54) is 10.6 Å². The minimum atomic E-state index is -3.22. The van der Waals surface area contributed by atoms with Crippen molar-refractivity contribution in [1.82, 2.24) is 19.2 Å². The van der Waals surface area contributed by atoms with Crippen molar-refractivity contribution in [2.24, 2.45) is 5.41 Å². The average Bonchev–Trinajstić information content (AvgIpc) is 2.79. The number of likely N-dealkylation sites (tertiary alicyclic amines) is 1. The number of benzene rings is 1. The van der Waals surface area contributed by atoms with Crippen LogP contribution in [0.25, 0.3) is 0 Å². The van der Waals surface area contributed by atoms with Crippen LogP contribution in [0.5, 0.6) is 11.6 Å². The molecule has 4 rings (SSSR count). The number of ether oxygens (including phenoxy) is 1. The van der Waals surface area contributed by atoms with Crippen molar-refractivity contribution in [3.05, 3.63) is 48.4 Å². The van der Waals surface area contributed by atoms with Gasteiger partial charge in [-0.1, -0.05) is 25.1 Å². The van der Waals surface area contributed by atoms with Crippen LogP contribution in [0, 0.1) is 5.41 Å². The predicted octanol–water partition coefficient (Wildman–Crippen LogP) is 3.04. The van der Waals surface area contributed by atoms with E-state index >= 15 is 0 Å². The van der Waals surface area contributed by atoms with Crippen LogP contribution in [0.4, 0.5) is 0 Å². The van der Waals surface area contributed by atoms with E-state index in [2.05, 4.69) is 9.97 Å². The highest BCUT2D eigenvalue weighted by Crippen LogP contribution is 2.37. The standard InChI is InChI=1S/C23H30N4O4S/c1-23(10-15-27(16-11-23)32(2,29)30)22(28)26-14-6-7-18(17-26)20-21(25-13-12-24-20)31-19-8-4-3-5-9-19/h3-5,8-9,12-13,18H,6-7,10-11,14-17H2,1-2H3. The molecule has 2 aliphatic rings. The van der Waals surface area contributed by atoms with Gasteiger partial charge >= 0.3 is 0 Å². The van der Waals surface area contributed by atoms with Crippen LogP contribution in [0.1, 0.15) is 44.2 Å². The number of nitrogens with zero attached hydrogens (tertiary/aromatic N) is 4. The minimum Gasteiger partial charge on any atom is -0.437 e. The van der Waals surface area contributed by atoms with Gasteiger partial charge in [0.1, 0.15) is 11.4 Å². The SMILES string of the molecule is CC1(C(=O)N2CCCC(c3nccnc3Oc3ccccc3)C2)CCN(S(C)(=O)=O)CC1. The second-order valence-electron chi connectivity index (χ2n) is 8.97. The lowest BCUT2D eigenvalue weighted by Crippen LogP contribution is -2.51. The number of carbonyl (C=O) groups is 1. The first-order valence-corrected chi connectivity index (χ1v) is 12.9. The van der Waals surface area contributed by atoms with E-state index in [1.807, 2.05) is 42.2 Å². The molecular weight excluding hydrogens is 428 g/mol. The summed E-state index contributed by atoms with van der Waals surface area (Å²) in [6.07, 6.45) is 7.36. The Kier molecular flexibility index (Phi) is 6.48. The molecule has 172 valence electrons. The Morgan fingerprint density at radius 2 is 1.78 bits per heavy atom. The molecule has 1 aromatic heterocycles. The fraction of sp³-hybridized carbons (Fsp3) is 0.522. The van der Waals surface area contributed by atoms with E-state index in [9.17, 15) is 13.2 Å². The number of amides is 1. The summed E-state index contributed by atoms with van der Waals surface area (Å²) in [6, 6.07) is 9.48. The topological polar surface area (TPSA) is 92.7 Å². The number of rotatable bonds is 5. The van der Waals surface area contributed by atoms with E-state index in [0.29, 0.717) is 50.7 Å². The number of hydrogen-bond donors (Lipinski definition) is 0. The Morgan fingerprint density at radius 1 is 1.09 bits per heavy atom. The van der Waals surface area contributed by atoms with Crippen LogP contribution < -0.4 is 4.74 Å². The van der Waals surface area contributed by atoms with Gasteiger partial charge in [-0.25, -0.2) is 17.7 Å². The average molecular weight is 459 g/mol. The van der Waals surface area contributed by atoms with Gasteiger partial charge in [0, 0.05) is 49.9 Å². The maximum atomic E-state index is 13.5. The fourth-order valence-corrected chi connectivity index (χ4v) is 5.43. The number of hydrogen-bond acceptors (Lipinski definition) is 6. The Morgan fingerprint density at radius 3 is 2.47 bits per heavy atom. The number of aromatic nitrogens is 2. The number of sulfonamides is 1. The third-order valence-corrected chi connectivity index (χ3v) is 7.86. The molecule has 2 saturated heterocycles. The monoisotopic (exact) mass is 458 g/mol. The van der Waals surface area contributed by atoms with Gasteiger partial charge in [0.15, 0.2) is 0 Å². The molecular formula is C23H30N4O4S. The van der Waals surface area contributed by atoms with E-state index in [1.54, 1.807) is 12.4 Å². The quantitative estimate of drug-likeness (QED) is 0.684. The molecule has 32 heavy (non-hydrogen) atoms. The largest absolute Gasteiger partial charge is 0.437 e. The molecule has 0 spiro atoms. The first-order chi connectivity index (χ1) is 15.3. The molecule has 8 nitrogen and oxygen atoms in total. The zero-order valence-electron chi connectivity index (χ0n) is 18.6. The summed E-state index contributed by atoms with van der Waals surface area (Å²) in [5.41, 5.74) is 0.223. The molecule has 1 unspecified atom stereocenters. The molecule has 2 aromatic rings. The van der Waals surface area contributed by atoms with Gasteiger partial charge in [-0.3, -0.25) is 9.78 Å². The molecule has 0 aliphatic carbocycles. The van der Waals surface area contributed by atoms with E-state index in [0.717, 1.165) is 18.5 Å².